The van der Waals surface area contributed by atoms with Crippen LogP contribution in [0.4, 0.5) is 26.3 Å². The molecule has 0 unspecified atom stereocenters. The average Bonchev–Trinajstić information content (AvgIpc) is 2.82. The average molecular weight is 475 g/mol. The minimum atomic E-state index is -4.41. The maximum atomic E-state index is 13.3. The summed E-state index contributed by atoms with van der Waals surface area (Å²) in [5.41, 5.74) is 1.90. The molecule has 3 aromatic carbocycles. The van der Waals surface area contributed by atoms with E-state index in [2.05, 4.69) is 4.90 Å². The highest BCUT2D eigenvalue weighted by Crippen LogP contribution is 2.37. The van der Waals surface area contributed by atoms with E-state index in [1.807, 2.05) is 18.2 Å². The van der Waals surface area contributed by atoms with Gasteiger partial charge in [0.15, 0.2) is 0 Å². The van der Waals surface area contributed by atoms with E-state index < -0.39 is 23.5 Å². The number of alkyl halides is 6. The van der Waals surface area contributed by atoms with Crippen molar-refractivity contribution in [1.29, 1.82) is 0 Å². The largest absolute Gasteiger partial charge is 0.417 e. The molecule has 0 amide bonds. The Kier molecular flexibility index (Phi) is 6.84. The lowest BCUT2D eigenvalue weighted by Crippen LogP contribution is -2.30. The van der Waals surface area contributed by atoms with Gasteiger partial charge in [-0.1, -0.05) is 60.7 Å². The monoisotopic (exact) mass is 475 g/mol. The molecule has 0 fully saturated rings. The predicted molar refractivity (Wildman–Crippen MR) is 121 cm³/mol. The third-order valence-electron chi connectivity index (χ3n) is 6.07. The SMILES string of the molecule is FC(F)(F)c1cccc(C2=CCN(CCc3ccc(-c4ccccc4C(F)(F)F)cc3)CC2)c1. The van der Waals surface area contributed by atoms with Crippen LogP contribution in [-0.2, 0) is 18.8 Å². The van der Waals surface area contributed by atoms with E-state index in [-0.39, 0.29) is 5.56 Å². The topological polar surface area (TPSA) is 3.24 Å². The molecule has 0 radical (unpaired) electrons. The lowest BCUT2D eigenvalue weighted by atomic mass is 9.97. The van der Waals surface area contributed by atoms with E-state index in [0.29, 0.717) is 24.1 Å². The van der Waals surface area contributed by atoms with Gasteiger partial charge in [-0.05, 0) is 58.9 Å². The molecule has 0 saturated heterocycles. The molecular formula is C27H23F6N. The maximum absolute atomic E-state index is 13.3. The first-order chi connectivity index (χ1) is 16.1. The van der Waals surface area contributed by atoms with Crippen LogP contribution in [0.15, 0.2) is 78.9 Å². The maximum Gasteiger partial charge on any atom is 0.417 e. The first-order valence-corrected chi connectivity index (χ1v) is 11.0. The normalized spacial score (nSPS) is 15.3. The molecule has 178 valence electrons. The fourth-order valence-corrected chi connectivity index (χ4v) is 4.19. The minimum Gasteiger partial charge on any atom is -0.299 e. The molecule has 1 aliphatic heterocycles. The number of benzene rings is 3. The molecular weight excluding hydrogens is 452 g/mol. The lowest BCUT2D eigenvalue weighted by Gasteiger charge is -2.26. The van der Waals surface area contributed by atoms with Crippen LogP contribution in [-0.4, -0.2) is 24.5 Å². The van der Waals surface area contributed by atoms with Crippen LogP contribution < -0.4 is 0 Å². The van der Waals surface area contributed by atoms with Crippen molar-refractivity contribution in [3.05, 3.63) is 101 Å². The smallest absolute Gasteiger partial charge is 0.299 e. The summed E-state index contributed by atoms with van der Waals surface area (Å²) in [6, 6.07) is 18.0. The Morgan fingerprint density at radius 2 is 1.47 bits per heavy atom. The molecule has 1 heterocycles. The molecule has 4 rings (SSSR count). The summed E-state index contributed by atoms with van der Waals surface area (Å²) in [7, 11) is 0. The predicted octanol–water partition coefficient (Wildman–Crippen LogP) is 7.72. The zero-order chi connectivity index (χ0) is 24.3. The number of halogens is 6. The quantitative estimate of drug-likeness (QED) is 0.342. The van der Waals surface area contributed by atoms with Gasteiger partial charge in [0.2, 0.25) is 0 Å². The number of hydrogen-bond acceptors (Lipinski definition) is 1. The van der Waals surface area contributed by atoms with Crippen molar-refractivity contribution in [2.75, 3.05) is 19.6 Å². The molecule has 7 heteroatoms. The highest BCUT2D eigenvalue weighted by atomic mass is 19.4. The van der Waals surface area contributed by atoms with Crippen molar-refractivity contribution < 1.29 is 26.3 Å². The zero-order valence-electron chi connectivity index (χ0n) is 18.3. The summed E-state index contributed by atoms with van der Waals surface area (Å²) in [5, 5.41) is 0. The Morgan fingerprint density at radius 1 is 0.735 bits per heavy atom. The first kappa shape index (κ1) is 24.1. The second-order valence-electron chi connectivity index (χ2n) is 8.35. The van der Waals surface area contributed by atoms with Crippen LogP contribution in [0.2, 0.25) is 0 Å². The van der Waals surface area contributed by atoms with Crippen molar-refractivity contribution in [2.45, 2.75) is 25.2 Å². The summed E-state index contributed by atoms with van der Waals surface area (Å²) < 4.78 is 78.8. The zero-order valence-corrected chi connectivity index (χ0v) is 18.3. The summed E-state index contributed by atoms with van der Waals surface area (Å²) in [4.78, 5) is 2.21. The molecule has 1 nitrogen and oxygen atoms in total. The van der Waals surface area contributed by atoms with Gasteiger partial charge < -0.3 is 0 Å². The molecule has 0 atom stereocenters. The highest BCUT2D eigenvalue weighted by Gasteiger charge is 2.33. The summed E-state index contributed by atoms with van der Waals surface area (Å²) >= 11 is 0. The molecule has 0 aromatic heterocycles. The van der Waals surface area contributed by atoms with Crippen LogP contribution in [0.3, 0.4) is 0 Å². The second kappa shape index (κ2) is 9.66. The van der Waals surface area contributed by atoms with E-state index in [4.69, 9.17) is 0 Å². The standard InChI is InChI=1S/C27H23F6N/c28-26(29,30)23-5-3-4-22(18-23)20-13-16-34(17-14-20)15-12-19-8-10-21(11-9-19)24-6-1-2-7-25(24)27(31,32)33/h1-11,13,18H,12,14-17H2. The first-order valence-electron chi connectivity index (χ1n) is 11.0. The second-order valence-corrected chi connectivity index (χ2v) is 8.35. The number of nitrogens with zero attached hydrogens (tertiary/aromatic N) is 1. The van der Waals surface area contributed by atoms with Crippen LogP contribution in [0.1, 0.15) is 28.7 Å². The fourth-order valence-electron chi connectivity index (χ4n) is 4.19. The highest BCUT2D eigenvalue weighted by molar-refractivity contribution is 5.68. The molecule has 0 spiro atoms. The van der Waals surface area contributed by atoms with Gasteiger partial charge in [0.05, 0.1) is 11.1 Å². The Hall–Kier alpha value is -3.06. The minimum absolute atomic E-state index is 0.157. The molecule has 0 N–H and O–H groups in total. The van der Waals surface area contributed by atoms with E-state index in [1.165, 1.54) is 24.3 Å². The van der Waals surface area contributed by atoms with Crippen LogP contribution >= 0.6 is 0 Å². The van der Waals surface area contributed by atoms with Crippen molar-refractivity contribution in [1.82, 2.24) is 4.90 Å². The van der Waals surface area contributed by atoms with Gasteiger partial charge in [-0.25, -0.2) is 0 Å². The number of hydrogen-bond donors (Lipinski definition) is 0. The molecule has 0 bridgehead atoms. The van der Waals surface area contributed by atoms with E-state index in [1.54, 1.807) is 24.3 Å². The van der Waals surface area contributed by atoms with Gasteiger partial charge >= 0.3 is 12.4 Å². The van der Waals surface area contributed by atoms with Crippen LogP contribution in [0.25, 0.3) is 16.7 Å². The molecule has 34 heavy (non-hydrogen) atoms. The number of rotatable bonds is 5. The van der Waals surface area contributed by atoms with E-state index in [0.717, 1.165) is 42.8 Å². The Morgan fingerprint density at radius 3 is 2.12 bits per heavy atom. The van der Waals surface area contributed by atoms with Gasteiger partial charge in [0.1, 0.15) is 0 Å². The van der Waals surface area contributed by atoms with Gasteiger partial charge in [-0.3, -0.25) is 4.90 Å². The van der Waals surface area contributed by atoms with Gasteiger partial charge in [0, 0.05) is 19.6 Å². The Bertz CT molecular complexity index is 1160. The van der Waals surface area contributed by atoms with Gasteiger partial charge in [0.25, 0.3) is 0 Å². The van der Waals surface area contributed by atoms with Gasteiger partial charge in [-0.15, -0.1) is 0 Å². The third-order valence-corrected chi connectivity index (χ3v) is 6.07. The summed E-state index contributed by atoms with van der Waals surface area (Å²) in [6.07, 6.45) is -5.41. The lowest BCUT2D eigenvalue weighted by molar-refractivity contribution is -0.138. The van der Waals surface area contributed by atoms with E-state index in [9.17, 15) is 26.3 Å². The van der Waals surface area contributed by atoms with Gasteiger partial charge in [-0.2, -0.15) is 26.3 Å². The van der Waals surface area contributed by atoms with Crippen LogP contribution in [0.5, 0.6) is 0 Å². The Balaban J connectivity index is 1.37. The van der Waals surface area contributed by atoms with Crippen LogP contribution in [0, 0.1) is 0 Å². The third kappa shape index (κ3) is 5.70. The molecule has 1 aliphatic rings. The summed E-state index contributed by atoms with van der Waals surface area (Å²) in [5.74, 6) is 0. The molecule has 3 aromatic rings. The molecule has 0 aliphatic carbocycles. The Labute approximate surface area is 194 Å². The van der Waals surface area contributed by atoms with Crippen molar-refractivity contribution in [3.63, 3.8) is 0 Å². The van der Waals surface area contributed by atoms with Crippen molar-refractivity contribution in [2.24, 2.45) is 0 Å². The molecule has 0 saturated carbocycles. The fraction of sp³-hybridized carbons (Fsp3) is 0.259. The summed E-state index contributed by atoms with van der Waals surface area (Å²) in [6.45, 7) is 2.13. The van der Waals surface area contributed by atoms with Crippen molar-refractivity contribution >= 4 is 5.57 Å². The van der Waals surface area contributed by atoms with Crippen molar-refractivity contribution in [3.8, 4) is 11.1 Å². The van der Waals surface area contributed by atoms with E-state index >= 15 is 0 Å².